The third-order valence-electron chi connectivity index (χ3n) is 2.48. The van der Waals surface area contributed by atoms with Crippen molar-refractivity contribution in [1.82, 2.24) is 10.2 Å². The van der Waals surface area contributed by atoms with Crippen molar-refractivity contribution in [1.29, 1.82) is 0 Å². The van der Waals surface area contributed by atoms with Crippen LogP contribution in [0.15, 0.2) is 29.4 Å². The first kappa shape index (κ1) is 9.98. The number of carbonyl (C=O) groups is 1. The van der Waals surface area contributed by atoms with E-state index in [9.17, 15) is 4.79 Å². The average molecular weight is 206 g/mol. The van der Waals surface area contributed by atoms with Crippen LogP contribution in [-0.4, -0.2) is 37.0 Å². The van der Waals surface area contributed by atoms with Crippen molar-refractivity contribution in [3.63, 3.8) is 0 Å². The fourth-order valence-electron chi connectivity index (χ4n) is 1.61. The fourth-order valence-corrected chi connectivity index (χ4v) is 1.61. The lowest BCUT2D eigenvalue weighted by Crippen LogP contribution is -2.46. The predicted molar refractivity (Wildman–Crippen MR) is 57.2 cm³/mol. The number of nitrogens with one attached hydrogen (secondary N) is 1. The minimum Gasteiger partial charge on any atom is -0.464 e. The summed E-state index contributed by atoms with van der Waals surface area (Å²) in [7, 11) is 0. The van der Waals surface area contributed by atoms with Gasteiger partial charge in [0.05, 0.1) is 11.8 Å². The first-order chi connectivity index (χ1) is 7.29. The molecule has 4 heteroatoms. The summed E-state index contributed by atoms with van der Waals surface area (Å²) in [5, 5.41) is 3.20. The predicted octanol–water partition coefficient (Wildman–Crippen LogP) is 0.725. The van der Waals surface area contributed by atoms with Crippen LogP contribution in [0, 0.1) is 0 Å². The highest BCUT2D eigenvalue weighted by molar-refractivity contribution is 6.17. The number of carbonyl (C=O) groups excluding carboxylic acids is 1. The molecule has 0 bridgehead atoms. The van der Waals surface area contributed by atoms with Crippen LogP contribution in [0.4, 0.5) is 0 Å². The summed E-state index contributed by atoms with van der Waals surface area (Å²) in [6.07, 6.45) is 1.55. The summed E-state index contributed by atoms with van der Waals surface area (Å²) in [4.78, 5) is 13.7. The smallest absolute Gasteiger partial charge is 0.257 e. The van der Waals surface area contributed by atoms with E-state index in [1.54, 1.807) is 23.3 Å². The molecule has 4 nitrogen and oxygen atoms in total. The van der Waals surface area contributed by atoms with Crippen LogP contribution in [0.25, 0.3) is 5.57 Å². The van der Waals surface area contributed by atoms with Crippen LogP contribution < -0.4 is 5.32 Å². The third-order valence-corrected chi connectivity index (χ3v) is 2.48. The van der Waals surface area contributed by atoms with E-state index in [0.29, 0.717) is 11.3 Å². The maximum absolute atomic E-state index is 11.9. The molecule has 15 heavy (non-hydrogen) atoms. The van der Waals surface area contributed by atoms with E-state index in [1.165, 1.54) is 0 Å². The molecular weight excluding hydrogens is 192 g/mol. The van der Waals surface area contributed by atoms with Crippen LogP contribution in [0.2, 0.25) is 0 Å². The van der Waals surface area contributed by atoms with E-state index in [0.717, 1.165) is 26.2 Å². The van der Waals surface area contributed by atoms with Crippen LogP contribution >= 0.6 is 0 Å². The molecule has 0 aromatic carbocycles. The van der Waals surface area contributed by atoms with Crippen molar-refractivity contribution >= 4 is 11.5 Å². The van der Waals surface area contributed by atoms with Gasteiger partial charge in [-0.05, 0) is 12.1 Å². The lowest BCUT2D eigenvalue weighted by Gasteiger charge is -2.27. The third kappa shape index (κ3) is 2.10. The highest BCUT2D eigenvalue weighted by atomic mass is 16.3. The molecule has 1 aliphatic heterocycles. The highest BCUT2D eigenvalue weighted by Crippen LogP contribution is 2.15. The largest absolute Gasteiger partial charge is 0.464 e. The molecule has 0 radical (unpaired) electrons. The number of piperazine rings is 1. The Balaban J connectivity index is 2.04. The van der Waals surface area contributed by atoms with Gasteiger partial charge < -0.3 is 14.6 Å². The van der Waals surface area contributed by atoms with Crippen LogP contribution in [0.5, 0.6) is 0 Å². The van der Waals surface area contributed by atoms with Gasteiger partial charge in [-0.2, -0.15) is 0 Å². The first-order valence-electron chi connectivity index (χ1n) is 5.02. The Morgan fingerprint density at radius 1 is 1.47 bits per heavy atom. The lowest BCUT2D eigenvalue weighted by molar-refractivity contribution is -0.125. The Kier molecular flexibility index (Phi) is 2.87. The average Bonchev–Trinajstić information content (AvgIpc) is 2.82. The SMILES string of the molecule is C=C(C(=O)N1CCNCC1)c1ccco1. The minimum absolute atomic E-state index is 0.0357. The molecule has 1 amide bonds. The zero-order valence-corrected chi connectivity index (χ0v) is 8.53. The number of furan rings is 1. The quantitative estimate of drug-likeness (QED) is 0.725. The van der Waals surface area contributed by atoms with Gasteiger partial charge in [0.2, 0.25) is 0 Å². The molecule has 0 saturated carbocycles. The zero-order chi connectivity index (χ0) is 10.7. The van der Waals surface area contributed by atoms with Crippen molar-refractivity contribution < 1.29 is 9.21 Å². The Bertz CT molecular complexity index is 351. The summed E-state index contributed by atoms with van der Waals surface area (Å²) in [5.74, 6) is 0.519. The van der Waals surface area contributed by atoms with Gasteiger partial charge in [0.1, 0.15) is 5.76 Å². The van der Waals surface area contributed by atoms with Crippen molar-refractivity contribution in [3.05, 3.63) is 30.7 Å². The van der Waals surface area contributed by atoms with Gasteiger partial charge in [0.25, 0.3) is 5.91 Å². The standard InChI is InChI=1S/C11H14N2O2/c1-9(10-3-2-8-15-10)11(14)13-6-4-12-5-7-13/h2-3,8,12H,1,4-7H2. The second kappa shape index (κ2) is 4.31. The van der Waals surface area contributed by atoms with Crippen molar-refractivity contribution in [2.45, 2.75) is 0 Å². The highest BCUT2D eigenvalue weighted by Gasteiger charge is 2.20. The van der Waals surface area contributed by atoms with E-state index >= 15 is 0 Å². The fraction of sp³-hybridized carbons (Fsp3) is 0.364. The van der Waals surface area contributed by atoms with Crippen molar-refractivity contribution in [3.8, 4) is 0 Å². The van der Waals surface area contributed by atoms with Crippen LogP contribution in [0.1, 0.15) is 5.76 Å². The Labute approximate surface area is 88.6 Å². The number of amides is 1. The summed E-state index contributed by atoms with van der Waals surface area (Å²) in [6.45, 7) is 6.93. The molecule has 0 spiro atoms. The van der Waals surface area contributed by atoms with E-state index in [1.807, 2.05) is 0 Å². The molecule has 80 valence electrons. The molecular formula is C11H14N2O2. The van der Waals surface area contributed by atoms with E-state index in [-0.39, 0.29) is 5.91 Å². The Hall–Kier alpha value is -1.55. The molecule has 0 aliphatic carbocycles. The summed E-state index contributed by atoms with van der Waals surface area (Å²) in [6, 6.07) is 3.51. The molecule has 1 N–H and O–H groups in total. The van der Waals surface area contributed by atoms with Gasteiger partial charge in [0, 0.05) is 26.2 Å². The van der Waals surface area contributed by atoms with Gasteiger partial charge in [-0.3, -0.25) is 4.79 Å². The van der Waals surface area contributed by atoms with Gasteiger partial charge in [0.15, 0.2) is 0 Å². The summed E-state index contributed by atoms with van der Waals surface area (Å²) in [5.41, 5.74) is 0.432. The molecule has 1 aromatic rings. The molecule has 1 fully saturated rings. The first-order valence-corrected chi connectivity index (χ1v) is 5.02. The lowest BCUT2D eigenvalue weighted by atomic mass is 10.2. The zero-order valence-electron chi connectivity index (χ0n) is 8.53. The van der Waals surface area contributed by atoms with Crippen molar-refractivity contribution in [2.75, 3.05) is 26.2 Å². The summed E-state index contributed by atoms with van der Waals surface area (Å²) < 4.78 is 5.14. The van der Waals surface area contributed by atoms with Gasteiger partial charge in [-0.25, -0.2) is 0 Å². The van der Waals surface area contributed by atoms with Gasteiger partial charge >= 0.3 is 0 Å². The van der Waals surface area contributed by atoms with Crippen molar-refractivity contribution in [2.24, 2.45) is 0 Å². The van der Waals surface area contributed by atoms with E-state index in [2.05, 4.69) is 11.9 Å². The second-order valence-electron chi connectivity index (χ2n) is 3.50. The van der Waals surface area contributed by atoms with Crippen LogP contribution in [-0.2, 0) is 4.79 Å². The second-order valence-corrected chi connectivity index (χ2v) is 3.50. The monoisotopic (exact) mass is 206 g/mol. The Morgan fingerprint density at radius 3 is 2.80 bits per heavy atom. The number of nitrogens with zero attached hydrogens (tertiary/aromatic N) is 1. The number of hydrogen-bond donors (Lipinski definition) is 1. The topological polar surface area (TPSA) is 45.5 Å². The maximum atomic E-state index is 11.9. The van der Waals surface area contributed by atoms with E-state index in [4.69, 9.17) is 4.42 Å². The molecule has 0 unspecified atom stereocenters. The van der Waals surface area contributed by atoms with Gasteiger partial charge in [-0.1, -0.05) is 6.58 Å². The van der Waals surface area contributed by atoms with Gasteiger partial charge in [-0.15, -0.1) is 0 Å². The normalized spacial score (nSPS) is 16.4. The molecule has 1 saturated heterocycles. The Morgan fingerprint density at radius 2 is 2.20 bits per heavy atom. The maximum Gasteiger partial charge on any atom is 0.257 e. The molecule has 2 rings (SSSR count). The number of rotatable bonds is 2. The van der Waals surface area contributed by atoms with Crippen LogP contribution in [0.3, 0.4) is 0 Å². The summed E-state index contributed by atoms with van der Waals surface area (Å²) >= 11 is 0. The molecule has 0 atom stereocenters. The molecule has 1 aliphatic rings. The van der Waals surface area contributed by atoms with E-state index < -0.39 is 0 Å². The minimum atomic E-state index is -0.0357. The number of hydrogen-bond acceptors (Lipinski definition) is 3. The molecule has 1 aromatic heterocycles. The molecule has 2 heterocycles.